The molecule has 6 heterocycles. The van der Waals surface area contributed by atoms with Gasteiger partial charge in [0.25, 0.3) is 5.91 Å². The Hall–Kier alpha value is -8.09. The van der Waals surface area contributed by atoms with E-state index in [2.05, 4.69) is 40.7 Å². The fraction of sp³-hybridized carbons (Fsp3) is 0.455. The Labute approximate surface area is 524 Å². The van der Waals surface area contributed by atoms with Crippen molar-refractivity contribution in [2.24, 2.45) is 11.3 Å². The van der Waals surface area contributed by atoms with Crippen LogP contribution in [0.25, 0.3) is 21.6 Å². The molecule has 0 unspecified atom stereocenters. The number of thiazole rings is 1. The molecular formula is C66H77F5N12O6S. The lowest BCUT2D eigenvalue weighted by atomic mass is 9.85. The first-order valence-corrected chi connectivity index (χ1v) is 31.4. The van der Waals surface area contributed by atoms with E-state index in [1.807, 2.05) is 119 Å². The van der Waals surface area contributed by atoms with Crippen molar-refractivity contribution in [2.75, 3.05) is 86.0 Å². The Morgan fingerprint density at radius 2 is 1.46 bits per heavy atom. The number of aromatic nitrogens is 3. The number of nitrogens with zero attached hydrogens (tertiary/aromatic N) is 9. The second kappa shape index (κ2) is 26.8. The molecule has 0 bridgehead atoms. The number of aliphatic hydroxyl groups is 1. The van der Waals surface area contributed by atoms with Crippen LogP contribution in [0.15, 0.2) is 96.8 Å². The highest BCUT2D eigenvalue weighted by atomic mass is 32.1. The summed E-state index contributed by atoms with van der Waals surface area (Å²) in [5.41, 5.74) is 3.87. The minimum absolute atomic E-state index is 0.00522. The summed E-state index contributed by atoms with van der Waals surface area (Å²) in [7, 11) is 1.97. The van der Waals surface area contributed by atoms with E-state index >= 15 is 4.39 Å². The number of aryl methyl sites for hydroxylation is 1. The van der Waals surface area contributed by atoms with Crippen molar-refractivity contribution in [2.45, 2.75) is 117 Å². The molecule has 10 rings (SSSR count). The molecule has 5 amide bonds. The molecule has 4 N–H and O–H groups in total. The van der Waals surface area contributed by atoms with E-state index in [0.717, 1.165) is 45.1 Å². The highest BCUT2D eigenvalue weighted by molar-refractivity contribution is 7.13. The number of carbonyl (C=O) groups is 5. The van der Waals surface area contributed by atoms with E-state index in [1.54, 1.807) is 16.8 Å². The first-order chi connectivity index (χ1) is 42.7. The topological polar surface area (TPSA) is 200 Å². The average molecular weight is 1260 g/mol. The molecule has 4 saturated heterocycles. The summed E-state index contributed by atoms with van der Waals surface area (Å²) in [4.78, 5) is 95.7. The summed E-state index contributed by atoms with van der Waals surface area (Å²) in [6, 6.07) is 17.7. The number of benzene rings is 4. The zero-order valence-electron chi connectivity index (χ0n) is 51.8. The first-order valence-electron chi connectivity index (χ1n) is 30.5. The van der Waals surface area contributed by atoms with Gasteiger partial charge in [0.05, 0.1) is 57.1 Å². The molecular weight excluding hydrogens is 1180 g/mol. The van der Waals surface area contributed by atoms with E-state index in [4.69, 9.17) is 0 Å². The summed E-state index contributed by atoms with van der Waals surface area (Å²) in [6.07, 6.45) is -1.79. The number of aliphatic hydroxyl groups excluding tert-OH is 1. The van der Waals surface area contributed by atoms with Crippen molar-refractivity contribution in [1.82, 2.24) is 40.3 Å². The molecule has 478 valence electrons. The number of likely N-dealkylation sites (tertiary alicyclic amines) is 1. The van der Waals surface area contributed by atoms with E-state index in [1.165, 1.54) is 29.4 Å². The third kappa shape index (κ3) is 14.6. The van der Waals surface area contributed by atoms with E-state index in [0.29, 0.717) is 71.1 Å². The highest BCUT2D eigenvalue weighted by Gasteiger charge is 2.45. The van der Waals surface area contributed by atoms with Crippen LogP contribution >= 0.6 is 11.3 Å². The maximum Gasteiger partial charge on any atom is 0.417 e. The molecule has 6 aromatic rings. The van der Waals surface area contributed by atoms with Gasteiger partial charge in [0, 0.05) is 113 Å². The summed E-state index contributed by atoms with van der Waals surface area (Å²) in [5, 5.41) is 19.4. The lowest BCUT2D eigenvalue weighted by molar-refractivity contribution is -0.144. The largest absolute Gasteiger partial charge is 0.417 e. The SMILES string of the molecule is Cc1ncsc1-c1ccc([C@H](C)NC(=O)[C@@H]2C[C@@H](O)CN2C(=O)[C@@H](NC(=O)Cc2cccc(N3CCC(C(=O)N4CCN(c5ncc(-c6cc(NC(=O)c7ccc(F)cc7C(F)(F)F)c(N7C[C@@H](C)N(C)[C@@H](C)C7)cc6F)cn5)CC4)CC3)c2)C(C)(C)C)cc1. The molecule has 90 heavy (non-hydrogen) atoms. The Balaban J connectivity index is 0.718. The number of alkyl halides is 3. The Kier molecular flexibility index (Phi) is 19.3. The van der Waals surface area contributed by atoms with Crippen LogP contribution in [0.5, 0.6) is 0 Å². The predicted octanol–water partition coefficient (Wildman–Crippen LogP) is 9.13. The van der Waals surface area contributed by atoms with Gasteiger partial charge >= 0.3 is 6.18 Å². The first kappa shape index (κ1) is 64.9. The van der Waals surface area contributed by atoms with Crippen molar-refractivity contribution in [1.29, 1.82) is 0 Å². The van der Waals surface area contributed by atoms with Gasteiger partial charge in [-0.25, -0.2) is 23.7 Å². The van der Waals surface area contributed by atoms with Crippen LogP contribution in [-0.2, 0) is 31.8 Å². The molecule has 4 aromatic carbocycles. The lowest BCUT2D eigenvalue weighted by Gasteiger charge is -2.44. The van der Waals surface area contributed by atoms with Crippen molar-refractivity contribution in [3.05, 3.63) is 136 Å². The quantitative estimate of drug-likeness (QED) is 0.0711. The van der Waals surface area contributed by atoms with Crippen LogP contribution in [0.4, 0.5) is 45.0 Å². The molecule has 24 heteroatoms. The maximum absolute atomic E-state index is 16.3. The van der Waals surface area contributed by atoms with Crippen molar-refractivity contribution in [3.8, 4) is 21.6 Å². The summed E-state index contributed by atoms with van der Waals surface area (Å²) in [5.74, 6) is -3.97. The fourth-order valence-electron chi connectivity index (χ4n) is 12.6. The molecule has 4 fully saturated rings. The molecule has 2 aromatic heterocycles. The molecule has 0 spiro atoms. The highest BCUT2D eigenvalue weighted by Crippen LogP contribution is 2.39. The minimum Gasteiger partial charge on any atom is -0.391 e. The van der Waals surface area contributed by atoms with Crippen LogP contribution in [0.1, 0.15) is 99.6 Å². The number of amides is 5. The number of β-amino-alcohol motifs (C(OH)–C–C–N with tert-alkyl or cyclic N) is 1. The standard InChI is InChI=1S/C66H77F5N12O6S/c1-38-34-82(35-39(2)78(38)8)55-31-53(68)51(30-54(55)76-60(86)50-17-16-47(67)28-52(50)66(69,70)71)46-32-72-64(73-33-46)81-24-22-80(23-25-81)62(88)45-18-20-79(21-19-45)48-11-9-10-42(26-48)27-57(85)77-59(65(5,6)7)63(89)83-36-49(84)29-56(83)61(87)75-40(3)43-12-14-44(15-13-43)58-41(4)74-37-90-58/h9-17,26,28,30-33,37-40,45,49,56,59,84H,18-25,27,29,34-36H2,1-8H3,(H,75,87)(H,76,86)(H,77,85)/t38-,39+,40-,49+,56-,59+/m0/s1. The second-order valence-electron chi connectivity index (χ2n) is 25.3. The van der Waals surface area contributed by atoms with E-state index in [-0.39, 0.29) is 83.8 Å². The van der Waals surface area contributed by atoms with Crippen LogP contribution in [0.2, 0.25) is 0 Å². The number of halogens is 5. The van der Waals surface area contributed by atoms with Gasteiger partial charge < -0.3 is 45.6 Å². The Bertz CT molecular complexity index is 3590. The number of rotatable bonds is 15. The van der Waals surface area contributed by atoms with Gasteiger partial charge in [-0.2, -0.15) is 13.2 Å². The number of carbonyl (C=O) groups excluding carboxylic acids is 5. The van der Waals surface area contributed by atoms with Gasteiger partial charge in [0.2, 0.25) is 29.6 Å². The fourth-order valence-corrected chi connectivity index (χ4v) is 13.4. The normalized spacial score (nSPS) is 20.2. The smallest absolute Gasteiger partial charge is 0.391 e. The van der Waals surface area contributed by atoms with Crippen molar-refractivity contribution in [3.63, 3.8) is 0 Å². The van der Waals surface area contributed by atoms with Gasteiger partial charge in [-0.3, -0.25) is 28.9 Å². The molecule has 6 atom stereocenters. The third-order valence-electron chi connectivity index (χ3n) is 17.9. The molecule has 18 nitrogen and oxygen atoms in total. The van der Waals surface area contributed by atoms with Gasteiger partial charge in [-0.15, -0.1) is 11.3 Å². The zero-order chi connectivity index (χ0) is 64.5. The lowest BCUT2D eigenvalue weighted by Crippen LogP contribution is -2.58. The van der Waals surface area contributed by atoms with E-state index < -0.39 is 70.3 Å². The monoisotopic (exact) mass is 1260 g/mol. The Morgan fingerprint density at radius 3 is 2.09 bits per heavy atom. The van der Waals surface area contributed by atoms with Crippen LogP contribution in [0.3, 0.4) is 0 Å². The Morgan fingerprint density at radius 1 is 0.778 bits per heavy atom. The number of hydrogen-bond acceptors (Lipinski definition) is 14. The van der Waals surface area contributed by atoms with Gasteiger partial charge in [0.1, 0.15) is 23.7 Å². The summed E-state index contributed by atoms with van der Waals surface area (Å²) < 4.78 is 72.5. The second-order valence-corrected chi connectivity index (χ2v) is 26.2. The number of anilines is 4. The van der Waals surface area contributed by atoms with E-state index in [9.17, 15) is 46.6 Å². The van der Waals surface area contributed by atoms with Gasteiger partial charge in [-0.05, 0) is 112 Å². The van der Waals surface area contributed by atoms with Crippen molar-refractivity contribution >= 4 is 63.9 Å². The van der Waals surface area contributed by atoms with Crippen molar-refractivity contribution < 1.29 is 51.0 Å². The number of piperidine rings is 1. The number of nitrogens with one attached hydrogen (secondary N) is 3. The predicted molar refractivity (Wildman–Crippen MR) is 336 cm³/mol. The summed E-state index contributed by atoms with van der Waals surface area (Å²) >= 11 is 1.56. The number of likely N-dealkylation sites (N-methyl/N-ethyl adjacent to an activating group) is 1. The van der Waals surface area contributed by atoms with Crippen LogP contribution < -0.4 is 30.7 Å². The number of piperazine rings is 2. The molecule has 4 aliphatic rings. The summed E-state index contributed by atoms with van der Waals surface area (Å²) in [6.45, 7) is 17.1. The number of hydrogen-bond donors (Lipinski definition) is 4. The minimum atomic E-state index is -5.03. The van der Waals surface area contributed by atoms with Crippen LogP contribution in [-0.4, -0.2) is 161 Å². The maximum atomic E-state index is 16.3. The molecule has 0 saturated carbocycles. The van der Waals surface area contributed by atoms with Crippen LogP contribution in [0, 0.1) is 29.9 Å². The van der Waals surface area contributed by atoms with Gasteiger partial charge in [0.15, 0.2) is 0 Å². The molecule has 0 radical (unpaired) electrons. The molecule has 0 aliphatic carbocycles. The zero-order valence-corrected chi connectivity index (χ0v) is 52.6. The average Bonchev–Trinajstić information content (AvgIpc) is 0.961. The third-order valence-corrected chi connectivity index (χ3v) is 18.9. The molecule has 4 aliphatic heterocycles. The van der Waals surface area contributed by atoms with Gasteiger partial charge in [-0.1, -0.05) is 57.2 Å².